The predicted molar refractivity (Wildman–Crippen MR) is 142 cm³/mol. The minimum Gasteiger partial charge on any atom is -0.406 e. The first-order valence-electron chi connectivity index (χ1n) is 12.3. The maximum atomic E-state index is 13.2. The molecule has 0 bridgehead atoms. The number of rotatable bonds is 5. The molecule has 0 aliphatic carbocycles. The van der Waals surface area contributed by atoms with E-state index in [9.17, 15) is 26.7 Å². The molecule has 12 heteroatoms. The predicted octanol–water partition coefficient (Wildman–Crippen LogP) is 4.50. The molecule has 0 amide bonds. The Bertz CT molecular complexity index is 1450. The number of piperidine rings is 1. The Labute approximate surface area is 229 Å². The average Bonchev–Trinajstić information content (AvgIpc) is 3.02. The van der Waals surface area contributed by atoms with Gasteiger partial charge in [0, 0.05) is 29.5 Å². The Balaban J connectivity index is 1.46. The zero-order chi connectivity index (χ0) is 27.9. The van der Waals surface area contributed by atoms with Crippen molar-refractivity contribution < 1.29 is 31.4 Å². The fourth-order valence-corrected chi connectivity index (χ4v) is 6.74. The Morgan fingerprint density at radius 1 is 0.974 bits per heavy atom. The van der Waals surface area contributed by atoms with Crippen LogP contribution in [0.1, 0.15) is 11.1 Å². The van der Waals surface area contributed by atoms with Gasteiger partial charge in [-0.15, -0.1) is 13.2 Å². The number of nitrogens with one attached hydrogen (secondary N) is 1. The maximum Gasteiger partial charge on any atom is 0.573 e. The van der Waals surface area contributed by atoms with Crippen LogP contribution in [0.2, 0.25) is 5.02 Å². The number of para-hydroxylation sites is 1. The molecule has 7 nitrogen and oxygen atoms in total. The molecule has 1 fully saturated rings. The fourth-order valence-electron chi connectivity index (χ4n) is 5.33. The van der Waals surface area contributed by atoms with Crippen molar-refractivity contribution in [1.29, 1.82) is 0 Å². The Kier molecular flexibility index (Phi) is 7.55. The standard InChI is InChI=1S/C27H27ClF3N3O4S/c1-33-15-22(32-39(36,37)21-12-10-20(11-13-21)38-27(29,30)31)26(35)25(16-33)34-23-5-3-2-4-17(23)6-7-18-8-9-19(28)14-24(18)34/h2-5,8-14,22,25-26,32,35H,6-7,15-16H2,1H3/t22-,25+,26+/m1/s1. The van der Waals surface area contributed by atoms with Gasteiger partial charge in [-0.05, 0) is 73.5 Å². The smallest absolute Gasteiger partial charge is 0.406 e. The zero-order valence-corrected chi connectivity index (χ0v) is 22.5. The molecule has 0 aromatic heterocycles. The molecule has 208 valence electrons. The number of aliphatic hydroxyl groups excluding tert-OH is 1. The van der Waals surface area contributed by atoms with E-state index >= 15 is 0 Å². The summed E-state index contributed by atoms with van der Waals surface area (Å²) in [5.41, 5.74) is 3.94. The van der Waals surface area contributed by atoms with Crippen LogP contribution in [0.15, 0.2) is 71.6 Å². The number of benzene rings is 3. The monoisotopic (exact) mass is 581 g/mol. The van der Waals surface area contributed by atoms with Gasteiger partial charge >= 0.3 is 6.36 Å². The van der Waals surface area contributed by atoms with E-state index in [-0.39, 0.29) is 11.4 Å². The molecule has 1 saturated heterocycles. The number of likely N-dealkylation sites (tertiary alicyclic amines) is 1. The van der Waals surface area contributed by atoms with Crippen LogP contribution in [-0.2, 0) is 22.9 Å². The summed E-state index contributed by atoms with van der Waals surface area (Å²) in [7, 11) is -2.34. The lowest BCUT2D eigenvalue weighted by molar-refractivity contribution is -0.274. The molecule has 0 saturated carbocycles. The van der Waals surface area contributed by atoms with Crippen LogP contribution in [0.4, 0.5) is 24.5 Å². The van der Waals surface area contributed by atoms with Gasteiger partial charge in [0.05, 0.1) is 23.1 Å². The van der Waals surface area contributed by atoms with Crippen molar-refractivity contribution in [2.45, 2.75) is 42.3 Å². The van der Waals surface area contributed by atoms with Gasteiger partial charge in [0.15, 0.2) is 0 Å². The molecule has 2 aliphatic rings. The van der Waals surface area contributed by atoms with Crippen LogP contribution in [0.25, 0.3) is 0 Å². The van der Waals surface area contributed by atoms with Gasteiger partial charge in [-0.2, -0.15) is 0 Å². The van der Waals surface area contributed by atoms with E-state index in [0.29, 0.717) is 11.6 Å². The third-order valence-corrected chi connectivity index (χ3v) is 8.78. The lowest BCUT2D eigenvalue weighted by Gasteiger charge is -2.46. The van der Waals surface area contributed by atoms with Crippen molar-refractivity contribution >= 4 is 33.0 Å². The van der Waals surface area contributed by atoms with E-state index in [0.717, 1.165) is 59.6 Å². The second-order valence-corrected chi connectivity index (χ2v) is 11.9. The number of nitrogens with zero attached hydrogens (tertiary/aromatic N) is 2. The summed E-state index contributed by atoms with van der Waals surface area (Å²) < 4.78 is 70.3. The lowest BCUT2D eigenvalue weighted by Crippen LogP contribution is -2.64. The molecule has 3 aromatic rings. The Hall–Kier alpha value is -2.83. The summed E-state index contributed by atoms with van der Waals surface area (Å²) in [5, 5.41) is 12.2. The number of anilines is 2. The van der Waals surface area contributed by atoms with Gasteiger partial charge in [0.25, 0.3) is 0 Å². The molecular formula is C27H27ClF3N3O4S. The first kappa shape index (κ1) is 27.7. The van der Waals surface area contributed by atoms with Crippen molar-refractivity contribution in [2.24, 2.45) is 0 Å². The lowest BCUT2D eigenvalue weighted by atomic mass is 9.95. The summed E-state index contributed by atoms with van der Waals surface area (Å²) >= 11 is 6.39. The topological polar surface area (TPSA) is 82.1 Å². The van der Waals surface area contributed by atoms with E-state index in [1.54, 1.807) is 0 Å². The number of likely N-dealkylation sites (N-methyl/N-ethyl adjacent to an activating group) is 1. The number of fused-ring (bicyclic) bond motifs is 2. The van der Waals surface area contributed by atoms with Crippen molar-refractivity contribution in [1.82, 2.24) is 9.62 Å². The average molecular weight is 582 g/mol. The van der Waals surface area contributed by atoms with Crippen LogP contribution < -0.4 is 14.4 Å². The molecule has 5 rings (SSSR count). The Morgan fingerprint density at radius 2 is 1.64 bits per heavy atom. The van der Waals surface area contributed by atoms with Gasteiger partial charge in [-0.3, -0.25) is 0 Å². The molecule has 0 spiro atoms. The molecule has 2 N–H and O–H groups in total. The van der Waals surface area contributed by atoms with E-state index in [1.165, 1.54) is 0 Å². The van der Waals surface area contributed by atoms with E-state index < -0.39 is 40.3 Å². The minimum absolute atomic E-state index is 0.226. The van der Waals surface area contributed by atoms with Gasteiger partial charge < -0.3 is 19.6 Å². The summed E-state index contributed by atoms with van der Waals surface area (Å²) in [4.78, 5) is 3.74. The second kappa shape index (κ2) is 10.6. The zero-order valence-electron chi connectivity index (χ0n) is 20.9. The third kappa shape index (κ3) is 6.02. The van der Waals surface area contributed by atoms with Crippen molar-refractivity contribution in [3.8, 4) is 5.75 Å². The molecular weight excluding hydrogens is 555 g/mol. The van der Waals surface area contributed by atoms with Gasteiger partial charge in [-0.25, -0.2) is 13.1 Å². The number of aliphatic hydroxyl groups is 1. The van der Waals surface area contributed by atoms with Crippen LogP contribution in [0, 0.1) is 0 Å². The minimum atomic E-state index is -4.89. The molecule has 2 heterocycles. The third-order valence-electron chi connectivity index (χ3n) is 7.04. The normalized spacial score (nSPS) is 22.1. The molecule has 3 aromatic carbocycles. The first-order valence-corrected chi connectivity index (χ1v) is 14.2. The highest BCUT2D eigenvalue weighted by atomic mass is 35.5. The van der Waals surface area contributed by atoms with E-state index in [2.05, 4.69) is 14.4 Å². The second-order valence-electron chi connectivity index (χ2n) is 9.80. The molecule has 0 unspecified atom stereocenters. The van der Waals surface area contributed by atoms with Crippen LogP contribution in [-0.4, -0.2) is 63.1 Å². The Morgan fingerprint density at radius 3 is 2.33 bits per heavy atom. The quantitative estimate of drug-likeness (QED) is 0.462. The SMILES string of the molecule is CN1C[C@@H](NS(=O)(=O)c2ccc(OC(F)(F)F)cc2)[C@H](O)[C@@H](N2c3ccccc3CCc3ccc(Cl)cc32)C1. The number of sulfonamides is 1. The van der Waals surface area contributed by atoms with Crippen LogP contribution in [0.5, 0.6) is 5.75 Å². The van der Waals surface area contributed by atoms with Gasteiger partial charge in [0.1, 0.15) is 5.75 Å². The number of aryl methyl sites for hydroxylation is 2. The fraction of sp³-hybridized carbons (Fsp3) is 0.333. The largest absolute Gasteiger partial charge is 0.573 e. The highest BCUT2D eigenvalue weighted by Gasteiger charge is 2.42. The van der Waals surface area contributed by atoms with Gasteiger partial charge in [-0.1, -0.05) is 35.9 Å². The van der Waals surface area contributed by atoms with Crippen molar-refractivity contribution in [3.63, 3.8) is 0 Å². The maximum absolute atomic E-state index is 13.2. The highest BCUT2D eigenvalue weighted by Crippen LogP contribution is 2.40. The van der Waals surface area contributed by atoms with Crippen LogP contribution >= 0.6 is 11.6 Å². The number of alkyl halides is 3. The number of hydrogen-bond donors (Lipinski definition) is 2. The summed E-state index contributed by atoms with van der Waals surface area (Å²) in [6.07, 6.45) is -4.44. The summed E-state index contributed by atoms with van der Waals surface area (Å²) in [5.74, 6) is -0.531. The first-order chi connectivity index (χ1) is 18.4. The summed E-state index contributed by atoms with van der Waals surface area (Å²) in [6.45, 7) is 0.674. The van der Waals surface area contributed by atoms with Crippen molar-refractivity contribution in [2.75, 3.05) is 25.0 Å². The summed E-state index contributed by atoms with van der Waals surface area (Å²) in [6, 6.07) is 16.1. The number of halogens is 4. The van der Waals surface area contributed by atoms with Crippen LogP contribution in [0.3, 0.4) is 0 Å². The molecule has 39 heavy (non-hydrogen) atoms. The highest BCUT2D eigenvalue weighted by molar-refractivity contribution is 7.89. The molecule has 2 aliphatic heterocycles. The number of ether oxygens (including phenoxy) is 1. The van der Waals surface area contributed by atoms with E-state index in [1.807, 2.05) is 54.4 Å². The van der Waals surface area contributed by atoms with Crippen molar-refractivity contribution in [3.05, 3.63) is 82.9 Å². The molecule has 0 radical (unpaired) electrons. The molecule has 3 atom stereocenters. The van der Waals surface area contributed by atoms with E-state index in [4.69, 9.17) is 11.6 Å². The number of hydrogen-bond acceptors (Lipinski definition) is 6. The van der Waals surface area contributed by atoms with Gasteiger partial charge in [0.2, 0.25) is 10.0 Å².